The Morgan fingerprint density at radius 3 is 2.03 bits per heavy atom. The lowest BCUT2D eigenvalue weighted by atomic mass is 9.86. The molecule has 2 aromatic rings. The zero-order valence-corrected chi connectivity index (χ0v) is 19.4. The number of fused-ring (bicyclic) bond motifs is 2. The van der Waals surface area contributed by atoms with Crippen LogP contribution in [0.1, 0.15) is 61.3 Å². The van der Waals surface area contributed by atoms with E-state index in [2.05, 4.69) is 53.4 Å². The molecule has 0 N–H and O–H groups in total. The van der Waals surface area contributed by atoms with E-state index >= 15 is 0 Å². The molecule has 1 fully saturated rings. The molecule has 1 heterocycles. The van der Waals surface area contributed by atoms with Gasteiger partial charge in [0.25, 0.3) is 0 Å². The van der Waals surface area contributed by atoms with Crippen LogP contribution in [0.3, 0.4) is 0 Å². The van der Waals surface area contributed by atoms with Crippen molar-refractivity contribution in [3.63, 3.8) is 0 Å². The number of carbonyl (C=O) groups excluding carboxylic acids is 1. The van der Waals surface area contributed by atoms with Crippen LogP contribution in [-0.2, 0) is 22.4 Å². The molecular weight excluding hydrogens is 406 g/mol. The number of ether oxygens (including phenoxy) is 1. The number of benzene rings is 2. The Morgan fingerprint density at radius 2 is 1.45 bits per heavy atom. The lowest BCUT2D eigenvalue weighted by molar-refractivity contribution is -0.143. The number of esters is 1. The van der Waals surface area contributed by atoms with Gasteiger partial charge in [-0.2, -0.15) is 0 Å². The second kappa shape index (κ2) is 11.5. The maximum atomic E-state index is 11.5. The van der Waals surface area contributed by atoms with Gasteiger partial charge in [-0.25, -0.2) is 0 Å². The standard InChI is InChI=1S/C27H33NO2.ClH/c1-2-30-26(29)13-7-8-18-28-19-16-23(17-20-28)27-24-11-5-3-9-21(24)14-15-22-10-4-6-12-25(22)27;/h3-6,9-12H,2,7-8,13-20H2,1H3;1H. The first-order valence-corrected chi connectivity index (χ1v) is 11.5. The number of carbonyl (C=O) groups is 1. The van der Waals surface area contributed by atoms with Crippen molar-refractivity contribution in [1.29, 1.82) is 0 Å². The predicted octanol–water partition coefficient (Wildman–Crippen LogP) is 5.84. The van der Waals surface area contributed by atoms with Crippen LogP contribution in [0.5, 0.6) is 0 Å². The van der Waals surface area contributed by atoms with E-state index in [9.17, 15) is 4.79 Å². The summed E-state index contributed by atoms with van der Waals surface area (Å²) in [5.74, 6) is -0.0612. The van der Waals surface area contributed by atoms with E-state index in [1.165, 1.54) is 27.8 Å². The van der Waals surface area contributed by atoms with Gasteiger partial charge in [0.1, 0.15) is 0 Å². The highest BCUT2D eigenvalue weighted by Crippen LogP contribution is 2.38. The van der Waals surface area contributed by atoms with Crippen molar-refractivity contribution < 1.29 is 9.53 Å². The Kier molecular flexibility index (Phi) is 8.74. The van der Waals surface area contributed by atoms with Gasteiger partial charge in [-0.3, -0.25) is 4.79 Å². The number of halogens is 1. The molecule has 0 amide bonds. The second-order valence-corrected chi connectivity index (χ2v) is 8.40. The maximum absolute atomic E-state index is 11.5. The molecule has 1 aliphatic heterocycles. The van der Waals surface area contributed by atoms with Crippen molar-refractivity contribution in [2.45, 2.75) is 51.9 Å². The lowest BCUT2D eigenvalue weighted by Gasteiger charge is -2.30. The summed E-state index contributed by atoms with van der Waals surface area (Å²) in [6, 6.07) is 18.0. The minimum atomic E-state index is -0.0612. The third kappa shape index (κ3) is 5.78. The quantitative estimate of drug-likeness (QED) is 0.418. The van der Waals surface area contributed by atoms with Gasteiger partial charge in [-0.05, 0) is 79.8 Å². The molecule has 1 aliphatic carbocycles. The van der Waals surface area contributed by atoms with E-state index in [1.807, 2.05) is 6.92 Å². The highest BCUT2D eigenvalue weighted by Gasteiger charge is 2.23. The first kappa shape index (κ1) is 23.6. The summed E-state index contributed by atoms with van der Waals surface area (Å²) in [4.78, 5) is 14.1. The number of nitrogens with zero attached hydrogens (tertiary/aromatic N) is 1. The summed E-state index contributed by atoms with van der Waals surface area (Å²) >= 11 is 0. The summed E-state index contributed by atoms with van der Waals surface area (Å²) in [5, 5.41) is 0. The van der Waals surface area contributed by atoms with Gasteiger partial charge in [0.2, 0.25) is 0 Å². The van der Waals surface area contributed by atoms with Crippen molar-refractivity contribution >= 4 is 23.9 Å². The largest absolute Gasteiger partial charge is 0.466 e. The maximum Gasteiger partial charge on any atom is 0.305 e. The van der Waals surface area contributed by atoms with E-state index in [0.717, 1.165) is 58.2 Å². The van der Waals surface area contributed by atoms with Crippen LogP contribution in [0.15, 0.2) is 54.1 Å². The number of rotatable bonds is 6. The van der Waals surface area contributed by atoms with Crippen molar-refractivity contribution in [2.24, 2.45) is 0 Å². The molecule has 0 saturated carbocycles. The molecule has 3 nitrogen and oxygen atoms in total. The average Bonchev–Trinajstić information content (AvgIpc) is 2.94. The van der Waals surface area contributed by atoms with E-state index in [4.69, 9.17) is 4.74 Å². The van der Waals surface area contributed by atoms with E-state index in [-0.39, 0.29) is 18.4 Å². The zero-order chi connectivity index (χ0) is 20.8. The first-order chi connectivity index (χ1) is 14.8. The highest BCUT2D eigenvalue weighted by molar-refractivity contribution is 5.86. The summed E-state index contributed by atoms with van der Waals surface area (Å²) in [7, 11) is 0. The number of unbranched alkanes of at least 4 members (excludes halogenated alkanes) is 1. The number of likely N-dealkylation sites (tertiary alicyclic amines) is 1. The van der Waals surface area contributed by atoms with Crippen LogP contribution in [0, 0.1) is 0 Å². The average molecular weight is 440 g/mol. The molecule has 4 heteroatoms. The Bertz CT molecular complexity index is 861. The molecule has 0 atom stereocenters. The molecule has 0 unspecified atom stereocenters. The molecule has 0 aromatic heterocycles. The SMILES string of the molecule is CCOC(=O)CCCCN1CCC(=C2c3ccccc3CCc3ccccc32)CC1.Cl. The monoisotopic (exact) mass is 439 g/mol. The van der Waals surface area contributed by atoms with Crippen molar-refractivity contribution in [2.75, 3.05) is 26.2 Å². The molecule has 4 rings (SSSR count). The highest BCUT2D eigenvalue weighted by atomic mass is 35.5. The van der Waals surface area contributed by atoms with Crippen molar-refractivity contribution in [3.05, 3.63) is 76.4 Å². The third-order valence-electron chi connectivity index (χ3n) is 6.46. The first-order valence-electron chi connectivity index (χ1n) is 11.5. The van der Waals surface area contributed by atoms with Gasteiger partial charge in [-0.15, -0.1) is 12.4 Å². The number of piperidine rings is 1. The Labute approximate surface area is 192 Å². The molecular formula is C27H34ClNO2. The Hall–Kier alpha value is -2.10. The van der Waals surface area contributed by atoms with Crippen LogP contribution in [0.4, 0.5) is 0 Å². The molecule has 2 aliphatic rings. The summed E-state index contributed by atoms with van der Waals surface area (Å²) in [6.45, 7) is 5.65. The van der Waals surface area contributed by atoms with E-state index in [1.54, 1.807) is 5.57 Å². The second-order valence-electron chi connectivity index (χ2n) is 8.40. The number of hydrogen-bond donors (Lipinski definition) is 0. The van der Waals surface area contributed by atoms with Crippen LogP contribution in [-0.4, -0.2) is 37.1 Å². The Balaban J connectivity index is 0.00000272. The van der Waals surface area contributed by atoms with Crippen LogP contribution in [0.2, 0.25) is 0 Å². The smallest absolute Gasteiger partial charge is 0.305 e. The molecule has 0 radical (unpaired) electrons. The molecule has 0 spiro atoms. The fraction of sp³-hybridized carbons (Fsp3) is 0.444. The zero-order valence-electron chi connectivity index (χ0n) is 18.6. The summed E-state index contributed by atoms with van der Waals surface area (Å²) < 4.78 is 5.02. The van der Waals surface area contributed by atoms with Gasteiger partial charge in [-0.1, -0.05) is 54.1 Å². The Morgan fingerprint density at radius 1 is 0.871 bits per heavy atom. The van der Waals surface area contributed by atoms with Crippen LogP contribution >= 0.6 is 12.4 Å². The number of hydrogen-bond acceptors (Lipinski definition) is 3. The van der Waals surface area contributed by atoms with Crippen molar-refractivity contribution in [1.82, 2.24) is 4.90 Å². The third-order valence-corrected chi connectivity index (χ3v) is 6.46. The van der Waals surface area contributed by atoms with Gasteiger partial charge < -0.3 is 9.64 Å². The summed E-state index contributed by atoms with van der Waals surface area (Å²) in [5.41, 5.74) is 8.97. The molecule has 2 aromatic carbocycles. The topological polar surface area (TPSA) is 29.5 Å². The van der Waals surface area contributed by atoms with E-state index < -0.39 is 0 Å². The normalized spacial score (nSPS) is 16.0. The fourth-order valence-electron chi connectivity index (χ4n) is 4.89. The molecule has 31 heavy (non-hydrogen) atoms. The van der Waals surface area contributed by atoms with Gasteiger partial charge in [0.15, 0.2) is 0 Å². The predicted molar refractivity (Wildman–Crippen MR) is 130 cm³/mol. The van der Waals surface area contributed by atoms with Crippen LogP contribution < -0.4 is 0 Å². The van der Waals surface area contributed by atoms with Crippen LogP contribution in [0.25, 0.3) is 5.57 Å². The van der Waals surface area contributed by atoms with Gasteiger partial charge in [0, 0.05) is 19.5 Å². The van der Waals surface area contributed by atoms with Gasteiger partial charge >= 0.3 is 5.97 Å². The summed E-state index contributed by atoms with van der Waals surface area (Å²) in [6.07, 6.45) is 7.05. The molecule has 166 valence electrons. The van der Waals surface area contributed by atoms with Gasteiger partial charge in [0.05, 0.1) is 6.61 Å². The fourth-order valence-corrected chi connectivity index (χ4v) is 4.89. The molecule has 0 bridgehead atoms. The number of aryl methyl sites for hydroxylation is 2. The minimum absolute atomic E-state index is 0. The van der Waals surface area contributed by atoms with Crippen molar-refractivity contribution in [3.8, 4) is 0 Å². The lowest BCUT2D eigenvalue weighted by Crippen LogP contribution is -2.32. The van der Waals surface area contributed by atoms with E-state index in [0.29, 0.717) is 13.0 Å². The molecule has 1 saturated heterocycles. The minimum Gasteiger partial charge on any atom is -0.466 e.